The maximum atomic E-state index is 12.2. The number of nitrogens with zero attached hydrogens (tertiary/aromatic N) is 3. The van der Waals surface area contributed by atoms with Gasteiger partial charge in [-0.25, -0.2) is 9.78 Å². The molecular weight excluding hydrogens is 378 g/mol. The highest BCUT2D eigenvalue weighted by Gasteiger charge is 2.24. The van der Waals surface area contributed by atoms with Gasteiger partial charge in [0.15, 0.2) is 5.13 Å². The number of nitrogens with one attached hydrogen (secondary N) is 2. The number of benzene rings is 1. The van der Waals surface area contributed by atoms with Gasteiger partial charge in [-0.3, -0.25) is 10.1 Å². The van der Waals surface area contributed by atoms with Gasteiger partial charge < -0.3 is 15.5 Å². The van der Waals surface area contributed by atoms with E-state index in [1.165, 1.54) is 36.7 Å². The lowest BCUT2D eigenvalue weighted by atomic mass is 9.96. The number of hydrogen-bond acceptors (Lipinski definition) is 6. The van der Waals surface area contributed by atoms with E-state index in [0.29, 0.717) is 6.04 Å². The molecule has 4 rings (SSSR count). The number of rotatable bonds is 4. The van der Waals surface area contributed by atoms with Crippen molar-refractivity contribution in [3.8, 4) is 0 Å². The highest BCUT2D eigenvalue weighted by molar-refractivity contribution is 7.22. The lowest BCUT2D eigenvalue weighted by Gasteiger charge is -2.32. The van der Waals surface area contributed by atoms with Crippen LogP contribution in [0.1, 0.15) is 44.9 Å². The number of urea groups is 1. The van der Waals surface area contributed by atoms with E-state index in [1.54, 1.807) is 12.1 Å². The maximum absolute atomic E-state index is 12.2. The van der Waals surface area contributed by atoms with Crippen LogP contribution in [0.5, 0.6) is 0 Å². The van der Waals surface area contributed by atoms with Gasteiger partial charge in [0.1, 0.15) is 0 Å². The molecule has 0 unspecified atom stereocenters. The summed E-state index contributed by atoms with van der Waals surface area (Å²) in [6, 6.07) is 5.23. The highest BCUT2D eigenvalue weighted by atomic mass is 32.1. The topological polar surface area (TPSA) is 100 Å². The van der Waals surface area contributed by atoms with E-state index in [-0.39, 0.29) is 22.7 Å². The van der Waals surface area contributed by atoms with Crippen molar-refractivity contribution in [2.45, 2.75) is 57.0 Å². The summed E-state index contributed by atoms with van der Waals surface area (Å²) < 4.78 is 0.830. The standard InChI is InChI=1S/C19H25N5O3S/c25-18(20-13-4-2-1-3-5-13)21-14-8-10-23(11-9-14)19-22-16-7-6-15(24(26)27)12-17(16)28-19/h6-7,12-14H,1-5,8-11H2,(H2,20,21,25). The number of aromatic nitrogens is 1. The third kappa shape index (κ3) is 4.35. The summed E-state index contributed by atoms with van der Waals surface area (Å²) in [5, 5.41) is 18.1. The van der Waals surface area contributed by atoms with Crippen LogP contribution in [0.25, 0.3) is 10.2 Å². The molecule has 1 aromatic carbocycles. The van der Waals surface area contributed by atoms with Crippen molar-refractivity contribution in [3.63, 3.8) is 0 Å². The molecular formula is C19H25N5O3S. The number of thiazole rings is 1. The van der Waals surface area contributed by atoms with Gasteiger partial charge in [-0.2, -0.15) is 0 Å². The molecule has 2 aliphatic rings. The van der Waals surface area contributed by atoms with Crippen LogP contribution in [0, 0.1) is 10.1 Å². The fourth-order valence-electron chi connectivity index (χ4n) is 4.02. The minimum absolute atomic E-state index is 0.0438. The number of non-ortho nitro benzene ring substituents is 1. The number of carbonyl (C=O) groups is 1. The first-order chi connectivity index (χ1) is 13.6. The van der Waals surface area contributed by atoms with Crippen LogP contribution in [0.3, 0.4) is 0 Å². The number of hydrogen-bond donors (Lipinski definition) is 2. The second-order valence-electron chi connectivity index (χ2n) is 7.62. The Labute approximate surface area is 167 Å². The second kappa shape index (κ2) is 8.30. The van der Waals surface area contributed by atoms with Crippen molar-refractivity contribution in [1.29, 1.82) is 0 Å². The molecule has 0 radical (unpaired) electrons. The van der Waals surface area contributed by atoms with Gasteiger partial charge in [0, 0.05) is 37.3 Å². The van der Waals surface area contributed by atoms with Crippen molar-refractivity contribution < 1.29 is 9.72 Å². The van der Waals surface area contributed by atoms with Crippen LogP contribution >= 0.6 is 11.3 Å². The predicted octanol–water partition coefficient (Wildman–Crippen LogP) is 3.81. The Kier molecular flexibility index (Phi) is 5.61. The third-order valence-electron chi connectivity index (χ3n) is 5.61. The van der Waals surface area contributed by atoms with E-state index in [2.05, 4.69) is 20.5 Å². The molecule has 28 heavy (non-hydrogen) atoms. The van der Waals surface area contributed by atoms with Crippen LogP contribution in [0.15, 0.2) is 18.2 Å². The number of nitro benzene ring substituents is 1. The molecule has 2 amide bonds. The molecule has 150 valence electrons. The number of nitro groups is 1. The Balaban J connectivity index is 1.30. The van der Waals surface area contributed by atoms with Crippen molar-refractivity contribution >= 4 is 38.4 Å². The molecule has 0 spiro atoms. The van der Waals surface area contributed by atoms with Crippen molar-refractivity contribution in [3.05, 3.63) is 28.3 Å². The van der Waals surface area contributed by atoms with Gasteiger partial charge in [-0.15, -0.1) is 0 Å². The van der Waals surface area contributed by atoms with Gasteiger partial charge in [0.2, 0.25) is 0 Å². The van der Waals surface area contributed by atoms with E-state index >= 15 is 0 Å². The van der Waals surface area contributed by atoms with E-state index < -0.39 is 0 Å². The maximum Gasteiger partial charge on any atom is 0.315 e. The average Bonchev–Trinajstić information content (AvgIpc) is 3.12. The van der Waals surface area contributed by atoms with Crippen LogP contribution in [0.4, 0.5) is 15.6 Å². The zero-order valence-electron chi connectivity index (χ0n) is 15.7. The Morgan fingerprint density at radius 3 is 2.46 bits per heavy atom. The molecule has 9 heteroatoms. The van der Waals surface area contributed by atoms with Crippen LogP contribution in [-0.2, 0) is 0 Å². The van der Waals surface area contributed by atoms with Gasteiger partial charge in [0.05, 0.1) is 15.1 Å². The first-order valence-electron chi connectivity index (χ1n) is 9.95. The summed E-state index contributed by atoms with van der Waals surface area (Å²) in [4.78, 5) is 29.6. The quantitative estimate of drug-likeness (QED) is 0.597. The summed E-state index contributed by atoms with van der Waals surface area (Å²) in [6.07, 6.45) is 7.59. The Bertz CT molecular complexity index is 856. The molecule has 2 N–H and O–H groups in total. The molecule has 0 bridgehead atoms. The number of amides is 2. The zero-order valence-corrected chi connectivity index (χ0v) is 16.5. The largest absolute Gasteiger partial charge is 0.348 e. The van der Waals surface area contributed by atoms with Crippen LogP contribution < -0.4 is 15.5 Å². The minimum atomic E-state index is -0.381. The summed E-state index contributed by atoms with van der Waals surface area (Å²) in [7, 11) is 0. The highest BCUT2D eigenvalue weighted by Crippen LogP contribution is 2.32. The Hall–Kier alpha value is -2.42. The lowest BCUT2D eigenvalue weighted by Crippen LogP contribution is -2.50. The van der Waals surface area contributed by atoms with Crippen LogP contribution in [-0.4, -0.2) is 41.1 Å². The summed E-state index contributed by atoms with van der Waals surface area (Å²) in [5.74, 6) is 0. The van der Waals surface area contributed by atoms with E-state index in [1.807, 2.05) is 0 Å². The lowest BCUT2D eigenvalue weighted by molar-refractivity contribution is -0.384. The fraction of sp³-hybridized carbons (Fsp3) is 0.579. The van der Waals surface area contributed by atoms with Gasteiger partial charge >= 0.3 is 6.03 Å². The van der Waals surface area contributed by atoms with Crippen molar-refractivity contribution in [2.75, 3.05) is 18.0 Å². The predicted molar refractivity (Wildman–Crippen MR) is 110 cm³/mol. The Morgan fingerprint density at radius 1 is 1.11 bits per heavy atom. The molecule has 1 saturated carbocycles. The monoisotopic (exact) mass is 403 g/mol. The molecule has 1 aliphatic carbocycles. The summed E-state index contributed by atoms with van der Waals surface area (Å²) >= 11 is 1.48. The molecule has 1 saturated heterocycles. The Morgan fingerprint density at radius 2 is 1.79 bits per heavy atom. The minimum Gasteiger partial charge on any atom is -0.348 e. The number of fused-ring (bicyclic) bond motifs is 1. The molecule has 2 aromatic rings. The number of anilines is 1. The first kappa shape index (κ1) is 18.9. The van der Waals surface area contributed by atoms with Gasteiger partial charge in [0.25, 0.3) is 5.69 Å². The summed E-state index contributed by atoms with van der Waals surface area (Å²) in [6.45, 7) is 1.63. The molecule has 2 heterocycles. The first-order valence-corrected chi connectivity index (χ1v) is 10.8. The molecule has 2 fully saturated rings. The van der Waals surface area contributed by atoms with E-state index in [0.717, 1.165) is 54.1 Å². The fourth-order valence-corrected chi connectivity index (χ4v) is 5.07. The molecule has 0 atom stereocenters. The number of carbonyl (C=O) groups excluding carboxylic acids is 1. The number of piperidine rings is 1. The van der Waals surface area contributed by atoms with E-state index in [9.17, 15) is 14.9 Å². The van der Waals surface area contributed by atoms with Crippen molar-refractivity contribution in [1.82, 2.24) is 15.6 Å². The normalized spacial score (nSPS) is 18.9. The second-order valence-corrected chi connectivity index (χ2v) is 8.63. The SMILES string of the molecule is O=C(NC1CCCCC1)NC1CCN(c2nc3ccc([N+](=O)[O-])cc3s2)CC1. The third-order valence-corrected chi connectivity index (χ3v) is 6.69. The van der Waals surface area contributed by atoms with E-state index in [4.69, 9.17) is 0 Å². The smallest absolute Gasteiger partial charge is 0.315 e. The zero-order chi connectivity index (χ0) is 19.5. The molecule has 1 aromatic heterocycles. The molecule has 1 aliphatic heterocycles. The van der Waals surface area contributed by atoms with Crippen molar-refractivity contribution in [2.24, 2.45) is 0 Å². The molecule has 8 nitrogen and oxygen atoms in total. The van der Waals surface area contributed by atoms with Gasteiger partial charge in [-0.1, -0.05) is 30.6 Å². The summed E-state index contributed by atoms with van der Waals surface area (Å²) in [5.41, 5.74) is 0.882. The van der Waals surface area contributed by atoms with Crippen LogP contribution in [0.2, 0.25) is 0 Å². The average molecular weight is 404 g/mol. The van der Waals surface area contributed by atoms with Gasteiger partial charge in [-0.05, 0) is 31.7 Å².